The van der Waals surface area contributed by atoms with E-state index in [1.807, 2.05) is 6.20 Å². The number of hydrogen-bond acceptors (Lipinski definition) is 4. The van der Waals surface area contributed by atoms with Crippen molar-refractivity contribution in [3.63, 3.8) is 0 Å². The molecule has 0 aliphatic carbocycles. The number of ether oxygens (including phenoxy) is 1. The Morgan fingerprint density at radius 2 is 2.35 bits per heavy atom. The van der Waals surface area contributed by atoms with Crippen molar-refractivity contribution in [1.29, 1.82) is 0 Å². The number of oxazole rings is 1. The Balaban J connectivity index is 1.87. The normalized spacial score (nSPS) is 24.7. The lowest BCUT2D eigenvalue weighted by molar-refractivity contribution is 0.115. The van der Waals surface area contributed by atoms with Gasteiger partial charge in [0.25, 0.3) is 0 Å². The van der Waals surface area contributed by atoms with Gasteiger partial charge in [-0.05, 0) is 13.3 Å². The summed E-state index contributed by atoms with van der Waals surface area (Å²) in [6.07, 6.45) is 4.00. The highest BCUT2D eigenvalue weighted by Crippen LogP contribution is 2.31. The van der Waals surface area contributed by atoms with Gasteiger partial charge in [-0.3, -0.25) is 0 Å². The lowest BCUT2D eigenvalue weighted by atomic mass is 10.0. The Morgan fingerprint density at radius 1 is 1.53 bits per heavy atom. The predicted octanol–water partition coefficient (Wildman–Crippen LogP) is 2.11. The van der Waals surface area contributed by atoms with Crippen molar-refractivity contribution >= 4 is 0 Å². The van der Waals surface area contributed by atoms with E-state index in [0.717, 1.165) is 37.6 Å². The van der Waals surface area contributed by atoms with Gasteiger partial charge in [-0.15, -0.1) is 0 Å². The van der Waals surface area contributed by atoms with Crippen LogP contribution < -0.4 is 5.32 Å². The Bertz CT molecular complexity index is 349. The van der Waals surface area contributed by atoms with Crippen LogP contribution >= 0.6 is 0 Å². The van der Waals surface area contributed by atoms with Gasteiger partial charge >= 0.3 is 0 Å². The fourth-order valence-electron chi connectivity index (χ4n) is 2.18. The summed E-state index contributed by atoms with van der Waals surface area (Å²) < 4.78 is 11.3. The summed E-state index contributed by atoms with van der Waals surface area (Å²) in [5.41, 5.74) is 0. The molecule has 1 aromatic heterocycles. The topological polar surface area (TPSA) is 47.3 Å². The minimum absolute atomic E-state index is 0.254. The summed E-state index contributed by atoms with van der Waals surface area (Å²) >= 11 is 0. The number of nitrogens with zero attached hydrogens (tertiary/aromatic N) is 1. The van der Waals surface area contributed by atoms with E-state index in [2.05, 4.69) is 31.1 Å². The molecule has 0 spiro atoms. The van der Waals surface area contributed by atoms with Crippen molar-refractivity contribution in [2.24, 2.45) is 0 Å². The van der Waals surface area contributed by atoms with E-state index in [-0.39, 0.29) is 6.10 Å². The van der Waals surface area contributed by atoms with Crippen molar-refractivity contribution in [2.75, 3.05) is 13.2 Å². The van der Waals surface area contributed by atoms with Crippen LogP contribution in [0.4, 0.5) is 0 Å². The lowest BCUT2D eigenvalue weighted by Gasteiger charge is -2.09. The van der Waals surface area contributed by atoms with Gasteiger partial charge in [0.15, 0.2) is 5.89 Å². The smallest absolute Gasteiger partial charge is 0.195 e. The summed E-state index contributed by atoms with van der Waals surface area (Å²) in [6, 6.07) is 0.507. The van der Waals surface area contributed by atoms with Crippen molar-refractivity contribution in [1.82, 2.24) is 10.3 Å². The van der Waals surface area contributed by atoms with Crippen molar-refractivity contribution in [3.05, 3.63) is 17.8 Å². The fraction of sp³-hybridized carbons (Fsp3) is 0.769. The molecule has 2 rings (SSSR count). The number of rotatable bonds is 5. The highest BCUT2D eigenvalue weighted by molar-refractivity contribution is 5.06. The molecule has 0 amide bonds. The molecule has 2 atom stereocenters. The zero-order valence-electron chi connectivity index (χ0n) is 10.9. The van der Waals surface area contributed by atoms with E-state index in [1.165, 1.54) is 0 Å². The van der Waals surface area contributed by atoms with Crippen molar-refractivity contribution < 1.29 is 9.15 Å². The molecule has 1 N–H and O–H groups in total. The average Bonchev–Trinajstić information content (AvgIpc) is 2.86. The minimum atomic E-state index is 0.254. The first-order valence-corrected chi connectivity index (χ1v) is 6.46. The summed E-state index contributed by atoms with van der Waals surface area (Å²) in [7, 11) is 0. The molecule has 1 aromatic rings. The molecule has 1 aliphatic heterocycles. The number of hydrogen-bond donors (Lipinski definition) is 1. The zero-order chi connectivity index (χ0) is 12.3. The maximum absolute atomic E-state index is 5.79. The van der Waals surface area contributed by atoms with Gasteiger partial charge in [0.1, 0.15) is 5.76 Å². The van der Waals surface area contributed by atoms with Crippen LogP contribution in [0.15, 0.2) is 10.6 Å². The third-order valence-electron chi connectivity index (χ3n) is 3.20. The largest absolute Gasteiger partial charge is 0.445 e. The van der Waals surface area contributed by atoms with Gasteiger partial charge in [0.05, 0.1) is 12.3 Å². The van der Waals surface area contributed by atoms with E-state index < -0.39 is 0 Å². The van der Waals surface area contributed by atoms with Crippen LogP contribution in [0.2, 0.25) is 0 Å². The molecule has 0 saturated carbocycles. The zero-order valence-corrected chi connectivity index (χ0v) is 10.9. The molecule has 17 heavy (non-hydrogen) atoms. The molecule has 96 valence electrons. The average molecular weight is 238 g/mol. The molecule has 4 heteroatoms. The third-order valence-corrected chi connectivity index (χ3v) is 3.20. The van der Waals surface area contributed by atoms with Crippen molar-refractivity contribution in [2.45, 2.75) is 51.7 Å². The Hall–Kier alpha value is -0.870. The van der Waals surface area contributed by atoms with Crippen molar-refractivity contribution in [3.8, 4) is 0 Å². The molecule has 4 nitrogen and oxygen atoms in total. The monoisotopic (exact) mass is 238 g/mol. The second-order valence-corrected chi connectivity index (χ2v) is 4.99. The Morgan fingerprint density at radius 3 is 3.00 bits per heavy atom. The fourth-order valence-corrected chi connectivity index (χ4v) is 2.18. The Kier molecular flexibility index (Phi) is 4.18. The van der Waals surface area contributed by atoms with Crippen LogP contribution in [-0.4, -0.2) is 30.3 Å². The van der Waals surface area contributed by atoms with E-state index in [4.69, 9.17) is 9.15 Å². The number of nitrogens with one attached hydrogen (secondary N) is 1. The van der Waals surface area contributed by atoms with E-state index in [0.29, 0.717) is 12.0 Å². The van der Waals surface area contributed by atoms with Gasteiger partial charge in [-0.25, -0.2) is 4.98 Å². The molecule has 0 radical (unpaired) electrons. The maximum Gasteiger partial charge on any atom is 0.195 e. The first-order chi connectivity index (χ1) is 8.16. The van der Waals surface area contributed by atoms with E-state index in [9.17, 15) is 0 Å². The second-order valence-electron chi connectivity index (χ2n) is 4.99. The molecular weight excluding hydrogens is 216 g/mol. The standard InChI is InChI=1S/C13H22N2O2/c1-9(2)14-6-4-13-15-8-12(17-13)11-5-7-16-10(11)3/h8-11,14H,4-7H2,1-3H3. The van der Waals surface area contributed by atoms with E-state index in [1.54, 1.807) is 0 Å². The van der Waals surface area contributed by atoms with Crippen LogP contribution in [0.5, 0.6) is 0 Å². The van der Waals surface area contributed by atoms with Crippen LogP contribution in [0.3, 0.4) is 0 Å². The van der Waals surface area contributed by atoms with Gasteiger partial charge in [-0.1, -0.05) is 13.8 Å². The first kappa shape index (κ1) is 12.6. The molecule has 1 fully saturated rings. The van der Waals surface area contributed by atoms with Crippen LogP contribution in [0.25, 0.3) is 0 Å². The summed E-state index contributed by atoms with van der Waals surface area (Å²) in [5, 5.41) is 3.36. The van der Waals surface area contributed by atoms with E-state index >= 15 is 0 Å². The SMILES string of the molecule is CC(C)NCCc1ncc(C2CCOC2C)o1. The third kappa shape index (κ3) is 3.30. The summed E-state index contributed by atoms with van der Waals surface area (Å²) in [5.74, 6) is 2.19. The molecule has 2 heterocycles. The highest BCUT2D eigenvalue weighted by atomic mass is 16.5. The van der Waals surface area contributed by atoms with Gasteiger partial charge in [0.2, 0.25) is 0 Å². The molecule has 1 saturated heterocycles. The molecule has 0 aromatic carbocycles. The second kappa shape index (κ2) is 5.65. The lowest BCUT2D eigenvalue weighted by Crippen LogP contribution is -2.24. The maximum atomic E-state index is 5.79. The molecular formula is C13H22N2O2. The van der Waals surface area contributed by atoms with Crippen LogP contribution in [-0.2, 0) is 11.2 Å². The summed E-state index contributed by atoms with van der Waals surface area (Å²) in [6.45, 7) is 8.11. The van der Waals surface area contributed by atoms with Gasteiger partial charge < -0.3 is 14.5 Å². The van der Waals surface area contributed by atoms with Gasteiger partial charge in [-0.2, -0.15) is 0 Å². The summed E-state index contributed by atoms with van der Waals surface area (Å²) in [4.78, 5) is 4.33. The van der Waals surface area contributed by atoms with Crippen LogP contribution in [0.1, 0.15) is 44.8 Å². The van der Waals surface area contributed by atoms with Gasteiger partial charge in [0, 0.05) is 31.5 Å². The van der Waals surface area contributed by atoms with Crippen LogP contribution in [0, 0.1) is 0 Å². The molecule has 2 unspecified atom stereocenters. The Labute approximate surface area is 103 Å². The predicted molar refractivity (Wildman–Crippen MR) is 66.1 cm³/mol. The molecule has 1 aliphatic rings. The first-order valence-electron chi connectivity index (χ1n) is 6.46. The molecule has 0 bridgehead atoms. The minimum Gasteiger partial charge on any atom is -0.445 e. The highest BCUT2D eigenvalue weighted by Gasteiger charge is 2.28. The number of aromatic nitrogens is 1. The quantitative estimate of drug-likeness (QED) is 0.853.